The number of amides is 1. The van der Waals surface area contributed by atoms with E-state index >= 15 is 0 Å². The highest BCUT2D eigenvalue weighted by Gasteiger charge is 2.17. The number of anilines is 1. The molecule has 106 valence electrons. The molecule has 20 heavy (non-hydrogen) atoms. The predicted octanol–water partition coefficient (Wildman–Crippen LogP) is 2.21. The highest BCUT2D eigenvalue weighted by atomic mass is 32.2. The number of rotatable bonds is 4. The van der Waals surface area contributed by atoms with Gasteiger partial charge in [0.25, 0.3) is 0 Å². The van der Waals surface area contributed by atoms with E-state index in [-0.39, 0.29) is 11.6 Å². The number of carbonyl (C=O) groups is 1. The van der Waals surface area contributed by atoms with Crippen molar-refractivity contribution < 1.29 is 13.6 Å². The van der Waals surface area contributed by atoms with Crippen LogP contribution in [-0.2, 0) is 11.8 Å². The van der Waals surface area contributed by atoms with Crippen LogP contribution in [0, 0.1) is 11.6 Å². The summed E-state index contributed by atoms with van der Waals surface area (Å²) in [6.45, 7) is 1.69. The Kier molecular flexibility index (Phi) is 4.33. The van der Waals surface area contributed by atoms with E-state index in [1.54, 1.807) is 18.5 Å². The van der Waals surface area contributed by atoms with Gasteiger partial charge in [0.1, 0.15) is 6.33 Å². The summed E-state index contributed by atoms with van der Waals surface area (Å²) in [5, 5.41) is 10.2. The summed E-state index contributed by atoms with van der Waals surface area (Å²) in [6.07, 6.45) is 1.53. The fraction of sp³-hybridized carbons (Fsp3) is 0.250. The quantitative estimate of drug-likeness (QED) is 0.879. The molecule has 0 aliphatic carbocycles. The third-order valence-electron chi connectivity index (χ3n) is 2.51. The second kappa shape index (κ2) is 6.00. The Morgan fingerprint density at radius 3 is 2.75 bits per heavy atom. The lowest BCUT2D eigenvalue weighted by Gasteiger charge is -2.11. The molecular formula is C12H12F2N4OS. The third-order valence-corrected chi connectivity index (χ3v) is 3.66. The van der Waals surface area contributed by atoms with Crippen molar-refractivity contribution in [2.75, 3.05) is 5.32 Å². The number of halogens is 2. The van der Waals surface area contributed by atoms with Crippen molar-refractivity contribution >= 4 is 23.4 Å². The molecule has 2 rings (SSSR count). The maximum absolute atomic E-state index is 13.0. The smallest absolute Gasteiger partial charge is 0.237 e. The number of nitrogens with zero attached hydrogens (tertiary/aromatic N) is 3. The van der Waals surface area contributed by atoms with Crippen LogP contribution in [0.1, 0.15) is 6.92 Å². The van der Waals surface area contributed by atoms with E-state index in [9.17, 15) is 13.6 Å². The first-order valence-electron chi connectivity index (χ1n) is 5.74. The topological polar surface area (TPSA) is 59.8 Å². The minimum absolute atomic E-state index is 0.208. The average Bonchev–Trinajstić information content (AvgIpc) is 2.79. The number of thioether (sulfide) groups is 1. The second-order valence-electron chi connectivity index (χ2n) is 4.10. The summed E-state index contributed by atoms with van der Waals surface area (Å²) in [4.78, 5) is 11.9. The van der Waals surface area contributed by atoms with Crippen LogP contribution < -0.4 is 5.32 Å². The first kappa shape index (κ1) is 14.4. The van der Waals surface area contributed by atoms with Crippen LogP contribution in [0.15, 0.2) is 29.7 Å². The Morgan fingerprint density at radius 1 is 1.40 bits per heavy atom. The van der Waals surface area contributed by atoms with Crippen LogP contribution in [-0.4, -0.2) is 25.9 Å². The molecule has 0 bridgehead atoms. The number of aryl methyl sites for hydroxylation is 1. The van der Waals surface area contributed by atoms with Crippen LogP contribution in [0.4, 0.5) is 14.5 Å². The normalized spacial score (nSPS) is 12.2. The van der Waals surface area contributed by atoms with Crippen LogP contribution in [0.3, 0.4) is 0 Å². The van der Waals surface area contributed by atoms with Gasteiger partial charge in [-0.1, -0.05) is 11.8 Å². The van der Waals surface area contributed by atoms with Crippen molar-refractivity contribution in [2.24, 2.45) is 7.05 Å². The summed E-state index contributed by atoms with van der Waals surface area (Å²) >= 11 is 1.22. The van der Waals surface area contributed by atoms with E-state index in [1.165, 1.54) is 24.2 Å². The number of hydrogen-bond acceptors (Lipinski definition) is 4. The van der Waals surface area contributed by atoms with Gasteiger partial charge in [-0.05, 0) is 19.1 Å². The summed E-state index contributed by atoms with van der Waals surface area (Å²) in [6, 6.07) is 3.20. The molecule has 1 atom stereocenters. The molecule has 0 aliphatic rings. The molecule has 1 aromatic heterocycles. The van der Waals surface area contributed by atoms with Gasteiger partial charge >= 0.3 is 0 Å². The summed E-state index contributed by atoms with van der Waals surface area (Å²) in [7, 11) is 1.77. The van der Waals surface area contributed by atoms with Crippen LogP contribution in [0.2, 0.25) is 0 Å². The molecule has 0 unspecified atom stereocenters. The number of benzene rings is 1. The molecule has 0 aliphatic heterocycles. The van der Waals surface area contributed by atoms with Crippen molar-refractivity contribution in [3.05, 3.63) is 36.2 Å². The van der Waals surface area contributed by atoms with Gasteiger partial charge in [0.05, 0.1) is 5.25 Å². The maximum Gasteiger partial charge on any atom is 0.237 e. The maximum atomic E-state index is 13.0. The molecule has 0 spiro atoms. The number of aromatic nitrogens is 3. The van der Waals surface area contributed by atoms with Gasteiger partial charge in [0, 0.05) is 18.8 Å². The average molecular weight is 298 g/mol. The van der Waals surface area contributed by atoms with Crippen molar-refractivity contribution in [2.45, 2.75) is 17.3 Å². The van der Waals surface area contributed by atoms with Crippen molar-refractivity contribution in [1.82, 2.24) is 14.8 Å². The van der Waals surface area contributed by atoms with Crippen LogP contribution >= 0.6 is 11.8 Å². The number of nitrogens with one attached hydrogen (secondary N) is 1. The minimum Gasteiger partial charge on any atom is -0.325 e. The standard InChI is InChI=1S/C12H12F2N4OS/c1-7(20-12-17-15-6-18(12)2)11(19)16-8-3-4-9(13)10(14)5-8/h3-7H,1-2H3,(H,16,19)/t7-/m1/s1. The first-order valence-corrected chi connectivity index (χ1v) is 6.62. The Morgan fingerprint density at radius 2 is 2.15 bits per heavy atom. The molecule has 0 fully saturated rings. The molecule has 0 radical (unpaired) electrons. The second-order valence-corrected chi connectivity index (χ2v) is 5.41. The summed E-state index contributed by atoms with van der Waals surface area (Å²) in [5.74, 6) is -2.29. The fourth-order valence-corrected chi connectivity index (χ4v) is 2.20. The van der Waals surface area contributed by atoms with Gasteiger partial charge in [-0.3, -0.25) is 4.79 Å². The van der Waals surface area contributed by atoms with E-state index in [0.29, 0.717) is 5.16 Å². The van der Waals surface area contributed by atoms with Gasteiger partial charge in [0.15, 0.2) is 16.8 Å². The van der Waals surface area contributed by atoms with Gasteiger partial charge in [0.2, 0.25) is 5.91 Å². The Balaban J connectivity index is 2.00. The highest BCUT2D eigenvalue weighted by molar-refractivity contribution is 8.00. The predicted molar refractivity (Wildman–Crippen MR) is 71.3 cm³/mol. The molecule has 1 aromatic carbocycles. The highest BCUT2D eigenvalue weighted by Crippen LogP contribution is 2.21. The van der Waals surface area contributed by atoms with Crippen LogP contribution in [0.25, 0.3) is 0 Å². The van der Waals surface area contributed by atoms with E-state index in [2.05, 4.69) is 15.5 Å². The largest absolute Gasteiger partial charge is 0.325 e. The molecular weight excluding hydrogens is 286 g/mol. The molecule has 0 saturated carbocycles. The van der Waals surface area contributed by atoms with Gasteiger partial charge in [-0.2, -0.15) is 0 Å². The zero-order valence-electron chi connectivity index (χ0n) is 10.8. The third kappa shape index (κ3) is 3.32. The minimum atomic E-state index is -1.00. The van der Waals surface area contributed by atoms with Crippen molar-refractivity contribution in [3.8, 4) is 0 Å². The van der Waals surface area contributed by atoms with E-state index in [4.69, 9.17) is 0 Å². The summed E-state index contributed by atoms with van der Waals surface area (Å²) < 4.78 is 27.5. The lowest BCUT2D eigenvalue weighted by atomic mass is 10.3. The fourth-order valence-electron chi connectivity index (χ4n) is 1.41. The van der Waals surface area contributed by atoms with Crippen molar-refractivity contribution in [3.63, 3.8) is 0 Å². The number of carbonyl (C=O) groups excluding carboxylic acids is 1. The zero-order chi connectivity index (χ0) is 14.7. The number of hydrogen-bond donors (Lipinski definition) is 1. The zero-order valence-corrected chi connectivity index (χ0v) is 11.6. The molecule has 1 heterocycles. The van der Waals surface area contributed by atoms with Gasteiger partial charge in [-0.25, -0.2) is 8.78 Å². The first-order chi connectivity index (χ1) is 9.47. The van der Waals surface area contributed by atoms with E-state index in [0.717, 1.165) is 12.1 Å². The Labute approximate surface area is 118 Å². The molecule has 1 N–H and O–H groups in total. The lowest BCUT2D eigenvalue weighted by molar-refractivity contribution is -0.115. The van der Waals surface area contributed by atoms with Gasteiger partial charge < -0.3 is 9.88 Å². The van der Waals surface area contributed by atoms with Gasteiger partial charge in [-0.15, -0.1) is 10.2 Å². The van der Waals surface area contributed by atoms with Crippen molar-refractivity contribution in [1.29, 1.82) is 0 Å². The monoisotopic (exact) mass is 298 g/mol. The molecule has 1 amide bonds. The SMILES string of the molecule is C[C@@H](Sc1nncn1C)C(=O)Nc1ccc(F)c(F)c1. The lowest BCUT2D eigenvalue weighted by Crippen LogP contribution is -2.22. The molecule has 5 nitrogen and oxygen atoms in total. The summed E-state index contributed by atoms with van der Waals surface area (Å²) in [5.41, 5.74) is 0.208. The molecule has 0 saturated heterocycles. The molecule has 2 aromatic rings. The molecule has 8 heteroatoms. The Hall–Kier alpha value is -1.96. The Bertz CT molecular complexity index is 632. The van der Waals surface area contributed by atoms with E-state index < -0.39 is 16.9 Å². The van der Waals surface area contributed by atoms with Crippen LogP contribution in [0.5, 0.6) is 0 Å². The van der Waals surface area contributed by atoms with E-state index in [1.807, 2.05) is 0 Å².